The second-order valence-corrected chi connectivity index (χ2v) is 6.57. The van der Waals surface area contributed by atoms with Crippen molar-refractivity contribution in [1.29, 1.82) is 0 Å². The minimum atomic E-state index is -0.0990. The number of hydrogen-bond donors (Lipinski definition) is 2. The summed E-state index contributed by atoms with van der Waals surface area (Å²) in [4.78, 5) is 16.5. The second-order valence-electron chi connectivity index (χ2n) is 6.57. The number of benzene rings is 1. The maximum absolute atomic E-state index is 11.9. The van der Waals surface area contributed by atoms with Crippen LogP contribution >= 0.6 is 0 Å². The highest BCUT2D eigenvalue weighted by Crippen LogP contribution is 2.07. The molecule has 6 heteroatoms. The van der Waals surface area contributed by atoms with Crippen LogP contribution in [0.2, 0.25) is 0 Å². The fraction of sp³-hybridized carbons (Fsp3) is 0.632. The molecule has 2 N–H and O–H groups in total. The summed E-state index contributed by atoms with van der Waals surface area (Å²) >= 11 is 0. The van der Waals surface area contributed by atoms with Crippen molar-refractivity contribution in [3.05, 3.63) is 35.4 Å². The third kappa shape index (κ3) is 7.86. The molecule has 6 nitrogen and oxygen atoms in total. The van der Waals surface area contributed by atoms with Crippen LogP contribution in [0.3, 0.4) is 0 Å². The number of ether oxygens (including phenoxy) is 1. The molecule has 0 aromatic heterocycles. The summed E-state index contributed by atoms with van der Waals surface area (Å²) in [6, 6.07) is 8.29. The van der Waals surface area contributed by atoms with Crippen molar-refractivity contribution in [3.63, 3.8) is 0 Å². The summed E-state index contributed by atoms with van der Waals surface area (Å²) in [5.74, 6) is 0. The van der Waals surface area contributed by atoms with Gasteiger partial charge in [0.1, 0.15) is 0 Å². The molecule has 140 valence electrons. The van der Waals surface area contributed by atoms with E-state index in [4.69, 9.17) is 4.74 Å². The van der Waals surface area contributed by atoms with Gasteiger partial charge in [0.05, 0.1) is 13.2 Å². The zero-order valence-corrected chi connectivity index (χ0v) is 15.6. The van der Waals surface area contributed by atoms with E-state index in [2.05, 4.69) is 52.6 Å². The molecule has 0 aliphatic carbocycles. The molecule has 0 saturated carbocycles. The van der Waals surface area contributed by atoms with Crippen LogP contribution in [0, 0.1) is 0 Å². The lowest BCUT2D eigenvalue weighted by Gasteiger charge is -2.26. The number of nitrogens with one attached hydrogen (secondary N) is 2. The highest BCUT2D eigenvalue weighted by Gasteiger charge is 2.09. The summed E-state index contributed by atoms with van der Waals surface area (Å²) < 4.78 is 5.33. The number of morpholine rings is 1. The Balaban J connectivity index is 1.61. The molecule has 0 radical (unpaired) electrons. The molecule has 1 heterocycles. The Morgan fingerprint density at radius 2 is 2.00 bits per heavy atom. The van der Waals surface area contributed by atoms with Crippen LogP contribution in [0.25, 0.3) is 0 Å². The van der Waals surface area contributed by atoms with Crippen molar-refractivity contribution < 1.29 is 9.53 Å². The largest absolute Gasteiger partial charge is 0.379 e. The van der Waals surface area contributed by atoms with Crippen molar-refractivity contribution >= 4 is 6.03 Å². The van der Waals surface area contributed by atoms with Gasteiger partial charge in [-0.3, -0.25) is 4.90 Å². The van der Waals surface area contributed by atoms with E-state index in [0.717, 1.165) is 57.9 Å². The Morgan fingerprint density at radius 3 is 2.76 bits per heavy atom. The molecule has 0 bridgehead atoms. The van der Waals surface area contributed by atoms with E-state index in [1.807, 2.05) is 6.07 Å². The summed E-state index contributed by atoms with van der Waals surface area (Å²) in [6.45, 7) is 10.00. The average molecular weight is 348 g/mol. The Labute approximate surface area is 151 Å². The van der Waals surface area contributed by atoms with E-state index >= 15 is 0 Å². The van der Waals surface area contributed by atoms with E-state index in [-0.39, 0.29) is 6.03 Å². The summed E-state index contributed by atoms with van der Waals surface area (Å²) in [7, 11) is 2.11. The maximum Gasteiger partial charge on any atom is 0.315 e. The predicted octanol–water partition coefficient (Wildman–Crippen LogP) is 1.66. The highest BCUT2D eigenvalue weighted by atomic mass is 16.5. The Morgan fingerprint density at radius 1 is 1.24 bits per heavy atom. The van der Waals surface area contributed by atoms with Gasteiger partial charge in [-0.25, -0.2) is 4.79 Å². The first-order chi connectivity index (χ1) is 12.2. The molecule has 2 amide bonds. The highest BCUT2D eigenvalue weighted by molar-refractivity contribution is 5.73. The van der Waals surface area contributed by atoms with Gasteiger partial charge in [0, 0.05) is 32.7 Å². The lowest BCUT2D eigenvalue weighted by molar-refractivity contribution is 0.0375. The van der Waals surface area contributed by atoms with E-state index in [1.54, 1.807) is 0 Å². The van der Waals surface area contributed by atoms with Crippen LogP contribution in [0.1, 0.15) is 24.5 Å². The average Bonchev–Trinajstić information content (AvgIpc) is 2.64. The quantitative estimate of drug-likeness (QED) is 0.667. The Bertz CT molecular complexity index is 518. The van der Waals surface area contributed by atoms with Crippen LogP contribution in [-0.2, 0) is 17.8 Å². The van der Waals surface area contributed by atoms with Crippen molar-refractivity contribution in [2.24, 2.45) is 0 Å². The first-order valence-electron chi connectivity index (χ1n) is 9.25. The molecule has 1 saturated heterocycles. The standard InChI is InChI=1S/C19H32N4O2/c1-3-22(2)16-18-7-4-6-17(14-18)15-21-19(24)20-8-5-9-23-10-12-25-13-11-23/h4,6-7,14H,3,5,8-13,15-16H2,1-2H3,(H2,20,21,24). The third-order valence-corrected chi connectivity index (χ3v) is 4.48. The monoisotopic (exact) mass is 348 g/mol. The fourth-order valence-electron chi connectivity index (χ4n) is 2.84. The zero-order chi connectivity index (χ0) is 17.9. The molecule has 0 atom stereocenters. The number of amides is 2. The van der Waals surface area contributed by atoms with Crippen LogP contribution in [0.5, 0.6) is 0 Å². The van der Waals surface area contributed by atoms with Gasteiger partial charge in [-0.15, -0.1) is 0 Å². The van der Waals surface area contributed by atoms with Crippen molar-refractivity contribution in [1.82, 2.24) is 20.4 Å². The molecule has 1 aromatic carbocycles. The van der Waals surface area contributed by atoms with Gasteiger partial charge >= 0.3 is 6.03 Å². The van der Waals surface area contributed by atoms with Crippen molar-refractivity contribution in [2.75, 3.05) is 53.0 Å². The van der Waals surface area contributed by atoms with Gasteiger partial charge in [0.25, 0.3) is 0 Å². The molecule has 1 aliphatic rings. The minimum Gasteiger partial charge on any atom is -0.379 e. The molecule has 1 fully saturated rings. The number of hydrogen-bond acceptors (Lipinski definition) is 4. The Kier molecular flexibility index (Phi) is 8.72. The van der Waals surface area contributed by atoms with Crippen LogP contribution < -0.4 is 10.6 Å². The van der Waals surface area contributed by atoms with Gasteiger partial charge in [0.15, 0.2) is 0 Å². The molecule has 1 aliphatic heterocycles. The van der Waals surface area contributed by atoms with Gasteiger partial charge < -0.3 is 20.3 Å². The fourth-order valence-corrected chi connectivity index (χ4v) is 2.84. The molecular weight excluding hydrogens is 316 g/mol. The molecule has 1 aromatic rings. The molecule has 25 heavy (non-hydrogen) atoms. The van der Waals surface area contributed by atoms with Gasteiger partial charge in [-0.1, -0.05) is 31.2 Å². The number of carbonyl (C=O) groups is 1. The number of carbonyl (C=O) groups excluding carboxylic acids is 1. The van der Waals surface area contributed by atoms with Crippen molar-refractivity contribution in [2.45, 2.75) is 26.4 Å². The number of urea groups is 1. The Hall–Kier alpha value is -1.63. The lowest BCUT2D eigenvalue weighted by atomic mass is 10.1. The van der Waals surface area contributed by atoms with Gasteiger partial charge in [0.2, 0.25) is 0 Å². The summed E-state index contributed by atoms with van der Waals surface area (Å²) in [6.07, 6.45) is 0.965. The summed E-state index contributed by atoms with van der Waals surface area (Å²) in [5.41, 5.74) is 2.40. The van der Waals surface area contributed by atoms with Gasteiger partial charge in [-0.2, -0.15) is 0 Å². The molecule has 0 unspecified atom stereocenters. The van der Waals surface area contributed by atoms with E-state index in [1.165, 1.54) is 5.56 Å². The van der Waals surface area contributed by atoms with Crippen LogP contribution in [-0.4, -0.2) is 68.8 Å². The maximum atomic E-state index is 11.9. The zero-order valence-electron chi connectivity index (χ0n) is 15.6. The van der Waals surface area contributed by atoms with Gasteiger partial charge in [-0.05, 0) is 37.7 Å². The topological polar surface area (TPSA) is 56.8 Å². The molecule has 0 spiro atoms. The van der Waals surface area contributed by atoms with Crippen LogP contribution in [0.15, 0.2) is 24.3 Å². The second kappa shape index (κ2) is 11.1. The van der Waals surface area contributed by atoms with Crippen LogP contribution in [0.4, 0.5) is 4.79 Å². The van der Waals surface area contributed by atoms with E-state index in [0.29, 0.717) is 13.1 Å². The molecule has 2 rings (SSSR count). The summed E-state index contributed by atoms with van der Waals surface area (Å²) in [5, 5.41) is 5.87. The number of rotatable bonds is 9. The number of nitrogens with zero attached hydrogens (tertiary/aromatic N) is 2. The first kappa shape index (κ1) is 19.7. The SMILES string of the molecule is CCN(C)Cc1cccc(CNC(=O)NCCCN2CCOCC2)c1. The van der Waals surface area contributed by atoms with E-state index in [9.17, 15) is 4.79 Å². The minimum absolute atomic E-state index is 0.0990. The van der Waals surface area contributed by atoms with E-state index < -0.39 is 0 Å². The first-order valence-corrected chi connectivity index (χ1v) is 9.25. The third-order valence-electron chi connectivity index (χ3n) is 4.48. The molecular formula is C19H32N4O2. The van der Waals surface area contributed by atoms with Crippen molar-refractivity contribution in [3.8, 4) is 0 Å². The normalized spacial score (nSPS) is 15.3. The lowest BCUT2D eigenvalue weighted by Crippen LogP contribution is -2.39. The smallest absolute Gasteiger partial charge is 0.315 e. The predicted molar refractivity (Wildman–Crippen MR) is 101 cm³/mol.